The molecule has 0 spiro atoms. The molecular weight excluding hydrogens is 62.0 g/mol. The third-order valence-electron chi connectivity index (χ3n) is 0.0430. The van der Waals surface area contributed by atoms with E-state index in [0.29, 0.717) is 0 Å². The van der Waals surface area contributed by atoms with Gasteiger partial charge in [0.2, 0.25) is 0 Å². The zero-order valence-electron chi connectivity index (χ0n) is 2.84. The maximum absolute atomic E-state index is 8.70. The average Bonchev–Trinajstić information content (AvgIpc) is 1.37. The molecule has 0 aliphatic carbocycles. The summed E-state index contributed by atoms with van der Waals surface area (Å²) in [5, 5.41) is 15.7. The number of nitrogens with two attached hydrogens (primary N) is 1. The summed E-state index contributed by atoms with van der Waals surface area (Å²) in [7, 11) is 0. The maximum Gasteiger partial charge on any atom is 1.00 e. The monoisotopic (exact) mass is 66.0 g/mol. The Labute approximate surface area is 23.9 Å². The van der Waals surface area contributed by atoms with Gasteiger partial charge >= 0.3 is 1.43 Å². The van der Waals surface area contributed by atoms with E-state index in [1.54, 1.807) is 0 Å². The van der Waals surface area contributed by atoms with Crippen LogP contribution in [0.4, 0.5) is 0 Å². The lowest BCUT2D eigenvalue weighted by atomic mass is 13.2. The molecular formula is H4NO3+. The lowest BCUT2D eigenvalue weighted by Crippen LogP contribution is -2.75. The first-order chi connectivity index (χ1) is 1.91. The molecule has 0 bridgehead atoms. The van der Waals surface area contributed by atoms with E-state index in [0.717, 1.165) is 0 Å². The summed E-state index contributed by atoms with van der Waals surface area (Å²) in [6.07, 6.45) is 0. The normalized spacial score (nSPS) is 7.50. The summed E-state index contributed by atoms with van der Waals surface area (Å²) in [6.45, 7) is 0. The zero-order valence-corrected chi connectivity index (χ0v) is 1.84. The Hall–Kier alpha value is -0.160. The van der Waals surface area contributed by atoms with Gasteiger partial charge in [-0.2, -0.15) is 0 Å². The summed E-state index contributed by atoms with van der Waals surface area (Å²) in [6, 6.07) is 0. The Kier molecular flexibility index (Phi) is 2.73. The molecule has 4 heteroatoms. The van der Waals surface area contributed by atoms with Crippen LogP contribution in [0.5, 0.6) is 0 Å². The van der Waals surface area contributed by atoms with E-state index in [2.05, 4.69) is 4.99 Å². The van der Waals surface area contributed by atoms with Crippen molar-refractivity contribution >= 4 is 0 Å². The Morgan fingerprint density at radius 3 is 2.50 bits per heavy atom. The van der Waals surface area contributed by atoms with E-state index in [4.69, 9.17) is 10.5 Å². The number of hydrogen-bond acceptors (Lipinski definition) is 3. The van der Waals surface area contributed by atoms with Crippen LogP contribution in [-0.2, 0) is 4.99 Å². The van der Waals surface area contributed by atoms with Gasteiger partial charge in [0.1, 0.15) is 0 Å². The van der Waals surface area contributed by atoms with Crippen LogP contribution in [0.1, 0.15) is 1.43 Å². The fourth-order valence-corrected chi connectivity index (χ4v) is 0. The topological polar surface area (TPSA) is 69.1 Å². The highest BCUT2D eigenvalue weighted by molar-refractivity contribution is 3.68. The molecule has 0 saturated carbocycles. The Morgan fingerprint density at radius 2 is 2.50 bits per heavy atom. The minimum Gasteiger partial charge on any atom is -0.599 e. The van der Waals surface area contributed by atoms with Crippen LogP contribution >= 0.6 is 0 Å². The molecule has 0 radical (unpaired) electrons. The van der Waals surface area contributed by atoms with Crippen LogP contribution in [0.15, 0.2) is 0 Å². The summed E-state index contributed by atoms with van der Waals surface area (Å²) < 4.78 is 0. The second kappa shape index (κ2) is 2.84. The molecule has 0 aliphatic rings. The largest absolute Gasteiger partial charge is 1.00 e. The van der Waals surface area contributed by atoms with Gasteiger partial charge in [0.25, 0.3) is 0 Å². The van der Waals surface area contributed by atoms with Crippen molar-refractivity contribution in [2.24, 2.45) is 0 Å². The summed E-state index contributed by atoms with van der Waals surface area (Å²) >= 11 is 0. The van der Waals surface area contributed by atoms with Crippen molar-refractivity contribution in [1.29, 1.82) is 0 Å². The molecule has 0 heterocycles. The van der Waals surface area contributed by atoms with Crippen LogP contribution < -0.4 is 5.64 Å². The number of hydrogen-bond donors (Lipinski definition) is 2. The smallest absolute Gasteiger partial charge is 0.599 e. The SMILES string of the molecule is [H+].[O-][NH2+]OO. The molecule has 0 aromatic rings. The third-order valence-corrected chi connectivity index (χ3v) is 0.0430. The average molecular weight is 66.0 g/mol. The van der Waals surface area contributed by atoms with E-state index < -0.39 is 0 Å². The summed E-state index contributed by atoms with van der Waals surface area (Å²) in [5.74, 6) is 0. The van der Waals surface area contributed by atoms with Gasteiger partial charge in [-0.3, -0.25) is 0 Å². The molecule has 4 nitrogen and oxygen atoms in total. The Bertz CT molecular complexity index is 8.85. The molecule has 26 valence electrons. The molecule has 0 amide bonds. The van der Waals surface area contributed by atoms with E-state index in [9.17, 15) is 0 Å². The minimum absolute atomic E-state index is 0. The van der Waals surface area contributed by atoms with Crippen LogP contribution in [0.25, 0.3) is 0 Å². The van der Waals surface area contributed by atoms with Crippen molar-refractivity contribution in [3.63, 3.8) is 0 Å². The molecule has 0 fully saturated rings. The molecule has 3 N–H and O–H groups in total. The molecule has 0 atom stereocenters. The zero-order chi connectivity index (χ0) is 3.41. The van der Waals surface area contributed by atoms with Gasteiger partial charge in [0.05, 0.1) is 0 Å². The van der Waals surface area contributed by atoms with Gasteiger partial charge in [-0.1, -0.05) is 0 Å². The molecule has 0 aromatic heterocycles. The molecule has 0 saturated heterocycles. The lowest BCUT2D eigenvalue weighted by Gasteiger charge is -1.84. The molecule has 0 aromatic carbocycles. The number of quaternary nitrogens is 1. The second-order valence-corrected chi connectivity index (χ2v) is 0.202. The highest BCUT2D eigenvalue weighted by Gasteiger charge is 1.44. The van der Waals surface area contributed by atoms with E-state index in [1.807, 2.05) is 0 Å². The predicted octanol–water partition coefficient (Wildman–Crippen LogP) is -1.44. The van der Waals surface area contributed by atoms with E-state index in [-0.39, 0.29) is 7.07 Å². The maximum atomic E-state index is 8.70. The van der Waals surface area contributed by atoms with Gasteiger partial charge < -0.3 is 5.21 Å². The standard InChI is InChI=1S/H3NO3/c2-1-4-3/h3H,1H2/p+1. The fraction of sp³-hybridized carbons (Fsp3) is 0. The van der Waals surface area contributed by atoms with Gasteiger partial charge in [-0.25, -0.2) is 10.9 Å². The van der Waals surface area contributed by atoms with Gasteiger partial charge in [0.15, 0.2) is 0 Å². The number of rotatable bonds is 1. The third kappa shape index (κ3) is 1.84. The first kappa shape index (κ1) is 3.84. The summed E-state index contributed by atoms with van der Waals surface area (Å²) in [4.78, 5) is 2.86. The Morgan fingerprint density at radius 1 is 2.25 bits per heavy atom. The molecule has 0 rings (SSSR count). The van der Waals surface area contributed by atoms with Gasteiger partial charge in [-0.05, 0) is 4.99 Å². The first-order valence-electron chi connectivity index (χ1n) is 0.654. The minimum atomic E-state index is -0.0694. The van der Waals surface area contributed by atoms with E-state index >= 15 is 0 Å². The van der Waals surface area contributed by atoms with Crippen molar-refractivity contribution in [3.8, 4) is 0 Å². The lowest BCUT2D eigenvalue weighted by molar-refractivity contribution is -0.926. The molecule has 0 unspecified atom stereocenters. The predicted molar refractivity (Wildman–Crippen MR) is 10.1 cm³/mol. The van der Waals surface area contributed by atoms with Crippen LogP contribution in [0.2, 0.25) is 0 Å². The highest BCUT2D eigenvalue weighted by atomic mass is 17.2. The first-order valence-corrected chi connectivity index (χ1v) is 0.654. The quantitative estimate of drug-likeness (QED) is 0.291. The summed E-state index contributed by atoms with van der Waals surface area (Å²) in [5.41, 5.74) is -0.0694. The van der Waals surface area contributed by atoms with Crippen molar-refractivity contribution < 1.29 is 17.3 Å². The van der Waals surface area contributed by atoms with Crippen molar-refractivity contribution in [3.05, 3.63) is 5.21 Å². The van der Waals surface area contributed by atoms with Crippen LogP contribution in [0.3, 0.4) is 0 Å². The van der Waals surface area contributed by atoms with Crippen molar-refractivity contribution in [2.45, 2.75) is 0 Å². The van der Waals surface area contributed by atoms with E-state index in [1.165, 1.54) is 0 Å². The fourth-order valence-electron chi connectivity index (χ4n) is 0. The van der Waals surface area contributed by atoms with Gasteiger partial charge in [0, 0.05) is 0 Å². The Balaban J connectivity index is 0. The van der Waals surface area contributed by atoms with Crippen LogP contribution in [-0.4, -0.2) is 5.26 Å². The van der Waals surface area contributed by atoms with Gasteiger partial charge in [-0.15, -0.1) is 0 Å². The molecule has 0 aliphatic heterocycles. The molecule has 4 heavy (non-hydrogen) atoms. The van der Waals surface area contributed by atoms with Crippen LogP contribution in [0, 0.1) is 5.21 Å². The highest BCUT2D eigenvalue weighted by Crippen LogP contribution is 1.11. The second-order valence-electron chi connectivity index (χ2n) is 0.202. The van der Waals surface area contributed by atoms with Crippen molar-refractivity contribution in [2.75, 3.05) is 0 Å². The van der Waals surface area contributed by atoms with Crippen molar-refractivity contribution in [1.82, 2.24) is 0 Å².